The van der Waals surface area contributed by atoms with E-state index in [4.69, 9.17) is 25.8 Å². The smallest absolute Gasteiger partial charge is 0.344 e. The van der Waals surface area contributed by atoms with Gasteiger partial charge in [-0.25, -0.2) is 4.79 Å². The first-order chi connectivity index (χ1) is 15.3. The molecule has 1 heterocycles. The summed E-state index contributed by atoms with van der Waals surface area (Å²) >= 11 is 10.6. The maximum Gasteiger partial charge on any atom is 0.344 e. The number of benzene rings is 2. The van der Waals surface area contributed by atoms with Gasteiger partial charge in [0.15, 0.2) is 18.1 Å². The van der Waals surface area contributed by atoms with Crippen molar-refractivity contribution < 1.29 is 28.6 Å². The van der Waals surface area contributed by atoms with Gasteiger partial charge in [0.1, 0.15) is 0 Å². The zero-order chi connectivity index (χ0) is 23.3. The molecule has 7 nitrogen and oxygen atoms in total. The Morgan fingerprint density at radius 2 is 2.00 bits per heavy atom. The molecule has 2 aromatic carbocycles. The number of nitrogens with zero attached hydrogens (tertiary/aromatic N) is 1. The molecule has 10 heteroatoms. The summed E-state index contributed by atoms with van der Waals surface area (Å²) in [7, 11) is 1.43. The third kappa shape index (κ3) is 5.65. The number of carbonyl (C=O) groups is 3. The molecule has 0 aliphatic carbocycles. The SMILES string of the molecule is CCOC(=O)COc1c(Cl)cc(/C=C2\SC(=O)N(Cc3ccccc3Br)C2=O)cc1OC. The van der Waals surface area contributed by atoms with E-state index in [1.165, 1.54) is 12.0 Å². The van der Waals surface area contributed by atoms with Crippen molar-refractivity contribution in [2.75, 3.05) is 20.3 Å². The molecule has 0 unspecified atom stereocenters. The summed E-state index contributed by atoms with van der Waals surface area (Å²) in [5.41, 5.74) is 1.37. The summed E-state index contributed by atoms with van der Waals surface area (Å²) in [4.78, 5) is 38.3. The summed E-state index contributed by atoms with van der Waals surface area (Å²) in [5.74, 6) is -0.469. The fourth-order valence-electron chi connectivity index (χ4n) is 2.88. The van der Waals surface area contributed by atoms with Gasteiger partial charge in [-0.3, -0.25) is 14.5 Å². The van der Waals surface area contributed by atoms with Crippen LogP contribution in [0.3, 0.4) is 0 Å². The number of rotatable bonds is 8. The number of hydrogen-bond donors (Lipinski definition) is 0. The average Bonchev–Trinajstić information content (AvgIpc) is 3.01. The maximum atomic E-state index is 12.8. The quantitative estimate of drug-likeness (QED) is 0.332. The van der Waals surface area contributed by atoms with Crippen molar-refractivity contribution in [3.63, 3.8) is 0 Å². The number of ether oxygens (including phenoxy) is 3. The monoisotopic (exact) mass is 539 g/mol. The fourth-order valence-corrected chi connectivity index (χ4v) is 4.40. The van der Waals surface area contributed by atoms with Gasteiger partial charge >= 0.3 is 5.97 Å². The van der Waals surface area contributed by atoms with Gasteiger partial charge in [-0.05, 0) is 54.1 Å². The molecule has 0 spiro atoms. The summed E-state index contributed by atoms with van der Waals surface area (Å²) < 4.78 is 16.4. The second-order valence-electron chi connectivity index (χ2n) is 6.49. The van der Waals surface area contributed by atoms with Crippen LogP contribution >= 0.6 is 39.3 Å². The van der Waals surface area contributed by atoms with Crippen molar-refractivity contribution in [1.29, 1.82) is 0 Å². The average molecular weight is 541 g/mol. The number of halogens is 2. The van der Waals surface area contributed by atoms with E-state index >= 15 is 0 Å². The third-order valence-electron chi connectivity index (χ3n) is 4.35. The third-order valence-corrected chi connectivity index (χ3v) is 6.31. The lowest BCUT2D eigenvalue weighted by Crippen LogP contribution is -2.27. The van der Waals surface area contributed by atoms with Crippen LogP contribution in [0.4, 0.5) is 4.79 Å². The van der Waals surface area contributed by atoms with Gasteiger partial charge in [-0.2, -0.15) is 0 Å². The lowest BCUT2D eigenvalue weighted by Gasteiger charge is -2.14. The molecule has 3 rings (SSSR count). The second-order valence-corrected chi connectivity index (χ2v) is 8.74. The van der Waals surface area contributed by atoms with Crippen molar-refractivity contribution in [1.82, 2.24) is 4.90 Å². The van der Waals surface area contributed by atoms with E-state index in [0.29, 0.717) is 5.56 Å². The minimum Gasteiger partial charge on any atom is -0.493 e. The topological polar surface area (TPSA) is 82.1 Å². The van der Waals surface area contributed by atoms with E-state index in [2.05, 4.69) is 15.9 Å². The van der Waals surface area contributed by atoms with Gasteiger partial charge in [0.2, 0.25) is 0 Å². The molecule has 1 saturated heterocycles. The highest BCUT2D eigenvalue weighted by Crippen LogP contribution is 2.39. The standard InChI is InChI=1S/C22H19BrClNO6S/c1-3-30-19(26)12-31-20-16(24)8-13(9-17(20)29-2)10-18-21(27)25(22(28)32-18)11-14-6-4-5-7-15(14)23/h4-10H,3,11-12H2,1-2H3/b18-10-. The van der Waals surface area contributed by atoms with Gasteiger partial charge in [-0.15, -0.1) is 0 Å². The molecule has 1 aliphatic heterocycles. The number of esters is 1. The summed E-state index contributed by atoms with van der Waals surface area (Å²) in [6, 6.07) is 10.6. The molecule has 168 valence electrons. The van der Waals surface area contributed by atoms with Crippen molar-refractivity contribution in [2.45, 2.75) is 13.5 Å². The van der Waals surface area contributed by atoms with E-state index in [1.54, 1.807) is 25.1 Å². The fraction of sp³-hybridized carbons (Fsp3) is 0.227. The molecule has 0 atom stereocenters. The van der Waals surface area contributed by atoms with Crippen molar-refractivity contribution >= 4 is 62.5 Å². The Hall–Kier alpha value is -2.49. The first-order valence-corrected chi connectivity index (χ1v) is 11.5. The molecule has 0 aromatic heterocycles. The largest absolute Gasteiger partial charge is 0.493 e. The molecule has 32 heavy (non-hydrogen) atoms. The first kappa shape index (κ1) is 24.2. The number of hydrogen-bond acceptors (Lipinski definition) is 7. The van der Waals surface area contributed by atoms with Gasteiger partial charge < -0.3 is 14.2 Å². The molecule has 1 fully saturated rings. The van der Waals surface area contributed by atoms with Crippen LogP contribution in [-0.4, -0.2) is 42.3 Å². The van der Waals surface area contributed by atoms with Crippen LogP contribution in [0.5, 0.6) is 11.5 Å². The molecule has 2 aromatic rings. The zero-order valence-corrected chi connectivity index (χ0v) is 20.4. The number of imide groups is 1. The first-order valence-electron chi connectivity index (χ1n) is 9.48. The highest BCUT2D eigenvalue weighted by Gasteiger charge is 2.35. The van der Waals surface area contributed by atoms with Crippen LogP contribution in [0, 0.1) is 0 Å². The Kier molecular flexibility index (Phi) is 8.22. The van der Waals surface area contributed by atoms with Gasteiger partial charge in [-0.1, -0.05) is 45.7 Å². The van der Waals surface area contributed by atoms with E-state index in [-0.39, 0.29) is 46.4 Å². The molecule has 0 bridgehead atoms. The minimum absolute atomic E-state index is 0.161. The second kappa shape index (κ2) is 10.9. The molecular formula is C22H19BrClNO6S. The Morgan fingerprint density at radius 1 is 1.25 bits per heavy atom. The zero-order valence-electron chi connectivity index (χ0n) is 17.2. The Bertz CT molecular complexity index is 1090. The van der Waals surface area contributed by atoms with Gasteiger partial charge in [0, 0.05) is 4.47 Å². The van der Waals surface area contributed by atoms with E-state index < -0.39 is 11.9 Å². The lowest BCUT2D eigenvalue weighted by atomic mass is 10.1. The summed E-state index contributed by atoms with van der Waals surface area (Å²) in [5, 5.41) is -0.170. The van der Waals surface area contributed by atoms with E-state index in [0.717, 1.165) is 21.8 Å². The molecule has 2 amide bonds. The van der Waals surface area contributed by atoms with E-state index in [1.807, 2.05) is 24.3 Å². The maximum absolute atomic E-state index is 12.8. The Balaban J connectivity index is 1.81. The highest BCUT2D eigenvalue weighted by molar-refractivity contribution is 9.10. The Morgan fingerprint density at radius 3 is 2.69 bits per heavy atom. The van der Waals surface area contributed by atoms with Crippen LogP contribution in [0.15, 0.2) is 45.8 Å². The van der Waals surface area contributed by atoms with Crippen LogP contribution in [-0.2, 0) is 20.9 Å². The normalized spacial score (nSPS) is 14.8. The molecule has 0 radical (unpaired) electrons. The predicted octanol–water partition coefficient (Wildman–Crippen LogP) is 5.29. The number of thioether (sulfide) groups is 1. The van der Waals surface area contributed by atoms with Gasteiger partial charge in [0.25, 0.3) is 11.1 Å². The van der Waals surface area contributed by atoms with Crippen molar-refractivity contribution in [3.8, 4) is 11.5 Å². The van der Waals surface area contributed by atoms with E-state index in [9.17, 15) is 14.4 Å². The minimum atomic E-state index is -0.534. The number of methoxy groups -OCH3 is 1. The van der Waals surface area contributed by atoms with Crippen LogP contribution in [0.1, 0.15) is 18.1 Å². The van der Waals surface area contributed by atoms with Crippen LogP contribution in [0.2, 0.25) is 5.02 Å². The highest BCUT2D eigenvalue weighted by atomic mass is 79.9. The summed E-state index contributed by atoms with van der Waals surface area (Å²) in [6.45, 7) is 1.77. The molecule has 0 N–H and O–H groups in total. The molecular weight excluding hydrogens is 522 g/mol. The van der Waals surface area contributed by atoms with Crippen molar-refractivity contribution in [2.24, 2.45) is 0 Å². The Labute approximate surface area is 202 Å². The van der Waals surface area contributed by atoms with Crippen LogP contribution < -0.4 is 9.47 Å². The number of carbonyl (C=O) groups excluding carboxylic acids is 3. The van der Waals surface area contributed by atoms with Crippen LogP contribution in [0.25, 0.3) is 6.08 Å². The molecule has 1 aliphatic rings. The number of amides is 2. The van der Waals surface area contributed by atoms with Crippen molar-refractivity contribution in [3.05, 3.63) is 61.9 Å². The lowest BCUT2D eigenvalue weighted by molar-refractivity contribution is -0.145. The van der Waals surface area contributed by atoms with Gasteiger partial charge in [0.05, 0.1) is 30.2 Å². The molecule has 0 saturated carbocycles. The summed E-state index contributed by atoms with van der Waals surface area (Å²) in [6.07, 6.45) is 1.56. The predicted molar refractivity (Wildman–Crippen MR) is 126 cm³/mol.